The molecule has 0 bridgehead atoms. The first kappa shape index (κ1) is 37.9. The number of nitrogens with one attached hydrogen (secondary N) is 1. The Morgan fingerprint density at radius 3 is 2.03 bits per heavy atom. The standard InChI is InChI=1S/C59H50BN2O/c1-57(2,3)35-22-25-37(26-23-35)61-49-19-13-10-16-40(49)44-31-42(34-21-27-39-38-15-9-12-18-46(38)59(7,8)47(39)29-34)54-45-30-36(58(4,5)6)24-28-50(45)62-51-32-43-41-17-11-14-20-52(41)63-53(43)33-48(51)60-55(44)56(54)62/h9-33,61H,1-8H3. The number of para-hydroxylation sites is 2. The first-order valence-electron chi connectivity index (χ1n) is 22.4. The van der Waals surface area contributed by atoms with Crippen LogP contribution in [0.4, 0.5) is 11.4 Å². The van der Waals surface area contributed by atoms with Crippen LogP contribution < -0.4 is 16.2 Å². The number of rotatable bonds is 4. The molecule has 10 aromatic rings. The van der Waals surface area contributed by atoms with Crippen LogP contribution in [0.5, 0.6) is 0 Å². The van der Waals surface area contributed by atoms with Gasteiger partial charge in [-0.25, -0.2) is 0 Å². The zero-order valence-corrected chi connectivity index (χ0v) is 37.4. The van der Waals surface area contributed by atoms with Gasteiger partial charge in [-0.2, -0.15) is 0 Å². The molecule has 3 nitrogen and oxygen atoms in total. The molecule has 8 aromatic carbocycles. The molecule has 3 heterocycles. The number of nitrogens with zero attached hydrogens (tertiary/aromatic N) is 1. The molecule has 0 atom stereocenters. The monoisotopic (exact) mass is 813 g/mol. The van der Waals surface area contributed by atoms with E-state index in [0.29, 0.717) is 0 Å². The van der Waals surface area contributed by atoms with Gasteiger partial charge in [0.25, 0.3) is 0 Å². The lowest BCUT2D eigenvalue weighted by Crippen LogP contribution is -2.37. The second-order valence-electron chi connectivity index (χ2n) is 20.5. The molecule has 2 aromatic heterocycles. The first-order chi connectivity index (χ1) is 30.2. The Bertz CT molecular complexity index is 3550. The Morgan fingerprint density at radius 1 is 0.540 bits per heavy atom. The fourth-order valence-electron chi connectivity index (χ4n) is 10.7. The Morgan fingerprint density at radius 2 is 1.24 bits per heavy atom. The number of fused-ring (bicyclic) bond motifs is 11. The highest BCUT2D eigenvalue weighted by molar-refractivity contribution is 6.74. The largest absolute Gasteiger partial charge is 0.456 e. The van der Waals surface area contributed by atoms with Crippen molar-refractivity contribution in [3.8, 4) is 39.1 Å². The summed E-state index contributed by atoms with van der Waals surface area (Å²) in [5, 5.41) is 8.69. The average Bonchev–Trinajstić information content (AvgIpc) is 3.88. The molecule has 1 radical (unpaired) electrons. The van der Waals surface area contributed by atoms with Crippen LogP contribution in [0.3, 0.4) is 0 Å². The maximum absolute atomic E-state index is 6.55. The normalized spacial score (nSPS) is 14.0. The van der Waals surface area contributed by atoms with E-state index in [9.17, 15) is 0 Å². The third-order valence-electron chi connectivity index (χ3n) is 14.1. The molecule has 63 heavy (non-hydrogen) atoms. The average molecular weight is 814 g/mol. The molecule has 0 saturated heterocycles. The smallest absolute Gasteiger partial charge is 0.198 e. The fourth-order valence-corrected chi connectivity index (χ4v) is 10.7. The van der Waals surface area contributed by atoms with E-state index in [1.165, 1.54) is 83.0 Å². The van der Waals surface area contributed by atoms with Gasteiger partial charge >= 0.3 is 0 Å². The lowest BCUT2D eigenvalue weighted by atomic mass is 9.58. The molecule has 2 aliphatic rings. The van der Waals surface area contributed by atoms with Gasteiger partial charge in [-0.1, -0.05) is 152 Å². The highest BCUT2D eigenvalue weighted by Gasteiger charge is 2.36. The number of anilines is 2. The van der Waals surface area contributed by atoms with Crippen LogP contribution in [-0.4, -0.2) is 11.8 Å². The van der Waals surface area contributed by atoms with E-state index < -0.39 is 0 Å². The van der Waals surface area contributed by atoms with Crippen molar-refractivity contribution in [2.24, 2.45) is 0 Å². The molecule has 305 valence electrons. The van der Waals surface area contributed by atoms with E-state index in [1.54, 1.807) is 0 Å². The van der Waals surface area contributed by atoms with Gasteiger partial charge in [0.05, 0.1) is 5.52 Å². The van der Waals surface area contributed by atoms with E-state index in [1.807, 2.05) is 0 Å². The topological polar surface area (TPSA) is 30.1 Å². The van der Waals surface area contributed by atoms with Crippen molar-refractivity contribution in [2.75, 3.05) is 5.32 Å². The number of furan rings is 1. The quantitative estimate of drug-likeness (QED) is 0.179. The number of benzene rings is 8. The summed E-state index contributed by atoms with van der Waals surface area (Å²) in [6.07, 6.45) is 0. The predicted octanol–water partition coefficient (Wildman–Crippen LogP) is 14.6. The number of hydrogen-bond donors (Lipinski definition) is 1. The van der Waals surface area contributed by atoms with Crippen molar-refractivity contribution in [1.82, 2.24) is 4.57 Å². The van der Waals surface area contributed by atoms with Gasteiger partial charge < -0.3 is 14.3 Å². The van der Waals surface area contributed by atoms with Crippen LogP contribution in [0.1, 0.15) is 77.6 Å². The van der Waals surface area contributed by atoms with E-state index in [2.05, 4.69) is 224 Å². The molecule has 12 rings (SSSR count). The molecule has 0 fully saturated rings. The summed E-state index contributed by atoms with van der Waals surface area (Å²) in [7, 11) is 2.42. The Hall–Kier alpha value is -6.78. The van der Waals surface area contributed by atoms with Gasteiger partial charge in [0.2, 0.25) is 0 Å². The summed E-state index contributed by atoms with van der Waals surface area (Å²) in [6, 6.07) is 56.7. The van der Waals surface area contributed by atoms with Crippen molar-refractivity contribution in [2.45, 2.75) is 71.6 Å². The predicted molar refractivity (Wildman–Crippen MR) is 269 cm³/mol. The van der Waals surface area contributed by atoms with Crippen LogP contribution in [-0.2, 0) is 16.2 Å². The molecule has 1 N–H and O–H groups in total. The zero-order valence-electron chi connectivity index (χ0n) is 37.4. The Balaban J connectivity index is 1.18. The first-order valence-corrected chi connectivity index (χ1v) is 22.4. The third kappa shape index (κ3) is 5.66. The summed E-state index contributed by atoms with van der Waals surface area (Å²) < 4.78 is 9.11. The van der Waals surface area contributed by atoms with Crippen LogP contribution in [0, 0.1) is 0 Å². The van der Waals surface area contributed by atoms with Crippen LogP contribution in [0.15, 0.2) is 156 Å². The molecule has 0 spiro atoms. The zero-order chi connectivity index (χ0) is 43.2. The molecular weight excluding hydrogens is 763 g/mol. The van der Waals surface area contributed by atoms with Crippen molar-refractivity contribution in [1.29, 1.82) is 0 Å². The fraction of sp³-hybridized carbons (Fsp3) is 0.186. The van der Waals surface area contributed by atoms with Crippen LogP contribution >= 0.6 is 0 Å². The van der Waals surface area contributed by atoms with Gasteiger partial charge in [-0.3, -0.25) is 0 Å². The molecule has 0 unspecified atom stereocenters. The van der Waals surface area contributed by atoms with Crippen molar-refractivity contribution in [3.05, 3.63) is 174 Å². The molecule has 0 amide bonds. The van der Waals surface area contributed by atoms with Gasteiger partial charge in [-0.05, 0) is 127 Å². The number of aromatic nitrogens is 1. The molecule has 1 aliphatic carbocycles. The number of hydrogen-bond acceptors (Lipinski definition) is 2. The summed E-state index contributed by atoms with van der Waals surface area (Å²) in [5.74, 6) is 0. The maximum atomic E-state index is 6.55. The SMILES string of the molecule is CC(C)(C)c1ccc(Nc2ccccc2-c2cc(-c3ccc4c(c3)C(C)(C)c3ccccc3-4)c3c4cc(C(C)(C)C)ccc4n4c3c2[B]c2cc3oc5ccccc5c3cc2-4)cc1. The van der Waals surface area contributed by atoms with Gasteiger partial charge in [0.1, 0.15) is 11.2 Å². The van der Waals surface area contributed by atoms with Crippen molar-refractivity contribution in [3.63, 3.8) is 0 Å². The van der Waals surface area contributed by atoms with Crippen LogP contribution in [0.25, 0.3) is 82.8 Å². The van der Waals surface area contributed by atoms with Crippen molar-refractivity contribution >= 4 is 73.3 Å². The highest BCUT2D eigenvalue weighted by atomic mass is 16.3. The van der Waals surface area contributed by atoms with E-state index >= 15 is 0 Å². The molecule has 1 aliphatic heterocycles. The maximum Gasteiger partial charge on any atom is 0.198 e. The van der Waals surface area contributed by atoms with E-state index in [0.717, 1.165) is 44.3 Å². The lowest BCUT2D eigenvalue weighted by molar-refractivity contribution is 0.590. The summed E-state index contributed by atoms with van der Waals surface area (Å²) in [6.45, 7) is 18.5. The highest BCUT2D eigenvalue weighted by Crippen LogP contribution is 2.51. The Kier molecular flexibility index (Phi) is 7.91. The minimum Gasteiger partial charge on any atom is -0.456 e. The van der Waals surface area contributed by atoms with E-state index in [4.69, 9.17) is 4.42 Å². The minimum absolute atomic E-state index is 0.0311. The lowest BCUT2D eigenvalue weighted by Gasteiger charge is -2.26. The Labute approximate surface area is 370 Å². The second-order valence-corrected chi connectivity index (χ2v) is 20.5. The minimum atomic E-state index is -0.132. The molecular formula is C59H50BN2O. The second kappa shape index (κ2) is 13.1. The molecule has 4 heteroatoms. The van der Waals surface area contributed by atoms with Gasteiger partial charge in [0, 0.05) is 55.1 Å². The van der Waals surface area contributed by atoms with Gasteiger partial charge in [0.15, 0.2) is 7.28 Å². The van der Waals surface area contributed by atoms with E-state index in [-0.39, 0.29) is 16.2 Å². The summed E-state index contributed by atoms with van der Waals surface area (Å²) in [5.41, 5.74) is 22.7. The molecule has 0 saturated carbocycles. The van der Waals surface area contributed by atoms with Crippen molar-refractivity contribution < 1.29 is 4.42 Å². The van der Waals surface area contributed by atoms with Crippen LogP contribution in [0.2, 0.25) is 0 Å². The summed E-state index contributed by atoms with van der Waals surface area (Å²) >= 11 is 0. The summed E-state index contributed by atoms with van der Waals surface area (Å²) in [4.78, 5) is 0. The van der Waals surface area contributed by atoms with Gasteiger partial charge in [-0.15, -0.1) is 0 Å². The third-order valence-corrected chi connectivity index (χ3v) is 14.1.